The van der Waals surface area contributed by atoms with Gasteiger partial charge in [-0.3, -0.25) is 14.7 Å². The van der Waals surface area contributed by atoms with Gasteiger partial charge in [-0.15, -0.1) is 0 Å². The lowest BCUT2D eigenvalue weighted by molar-refractivity contribution is -0.142. The zero-order chi connectivity index (χ0) is 28.8. The summed E-state index contributed by atoms with van der Waals surface area (Å²) in [6.07, 6.45) is 7.05. The summed E-state index contributed by atoms with van der Waals surface area (Å²) in [7, 11) is 0. The topological polar surface area (TPSA) is 130 Å². The van der Waals surface area contributed by atoms with Crippen molar-refractivity contribution in [3.8, 4) is 0 Å². The summed E-state index contributed by atoms with van der Waals surface area (Å²) >= 11 is 6.58. The second kappa shape index (κ2) is 10.8. The zero-order valence-corrected chi connectivity index (χ0v) is 23.7. The van der Waals surface area contributed by atoms with Crippen LogP contribution in [-0.4, -0.2) is 71.8 Å². The first kappa shape index (κ1) is 26.5. The molecule has 1 saturated heterocycles. The number of carbonyl (C=O) groups is 3. The Morgan fingerprint density at radius 1 is 1.10 bits per heavy atom. The molecular formula is C30H31ClN8O3. The van der Waals surface area contributed by atoms with Crippen molar-refractivity contribution < 1.29 is 14.4 Å². The van der Waals surface area contributed by atoms with E-state index in [9.17, 15) is 14.4 Å². The fourth-order valence-electron chi connectivity index (χ4n) is 6.57. The quantitative estimate of drug-likeness (QED) is 0.324. The molecule has 4 aromatic rings. The standard InChI is InChI=1S/C30H31ClN8O3/c31-24-12-19-11-20(29(41)38(17-26-32-7-8-33-26)16-23(19)22-14-34-36-28(22)24)13-27(40)37-9-5-21(6-10-37)39-15-18-3-1-2-4-25(18)35-30(39)42/h1-4,7-8,12,14,20-21H,5-6,9-11,13,15-17H2,(H,32,33)(H,34,36)(H,35,42). The van der Waals surface area contributed by atoms with Gasteiger partial charge in [0.15, 0.2) is 0 Å². The van der Waals surface area contributed by atoms with Gasteiger partial charge in [-0.2, -0.15) is 5.10 Å². The van der Waals surface area contributed by atoms with Gasteiger partial charge in [0, 0.05) is 62.1 Å². The minimum Gasteiger partial charge on any atom is -0.347 e. The number of anilines is 1. The maximum absolute atomic E-state index is 13.9. The number of aromatic amines is 2. The maximum Gasteiger partial charge on any atom is 0.322 e. The van der Waals surface area contributed by atoms with Crippen molar-refractivity contribution in [2.75, 3.05) is 18.4 Å². The normalized spacial score (nSPS) is 19.5. The number of likely N-dealkylation sites (tertiary alicyclic amines) is 1. The van der Waals surface area contributed by atoms with Gasteiger partial charge in [0.05, 0.1) is 29.2 Å². The third-order valence-corrected chi connectivity index (χ3v) is 9.10. The Kier molecular flexibility index (Phi) is 6.81. The Morgan fingerprint density at radius 2 is 1.93 bits per heavy atom. The fourth-order valence-corrected chi connectivity index (χ4v) is 6.85. The molecule has 5 heterocycles. The van der Waals surface area contributed by atoms with Gasteiger partial charge in [0.25, 0.3) is 0 Å². The number of halogens is 1. The van der Waals surface area contributed by atoms with Crippen LogP contribution in [0.15, 0.2) is 48.9 Å². The van der Waals surface area contributed by atoms with Crippen LogP contribution >= 0.6 is 11.6 Å². The smallest absolute Gasteiger partial charge is 0.322 e. The van der Waals surface area contributed by atoms with E-state index in [1.54, 1.807) is 23.5 Å². The highest BCUT2D eigenvalue weighted by Crippen LogP contribution is 2.35. The van der Waals surface area contributed by atoms with Gasteiger partial charge in [0.2, 0.25) is 11.8 Å². The number of amides is 4. The summed E-state index contributed by atoms with van der Waals surface area (Å²) in [4.78, 5) is 53.2. The summed E-state index contributed by atoms with van der Waals surface area (Å²) in [6.45, 7) is 2.34. The Labute approximate surface area is 247 Å². The predicted molar refractivity (Wildman–Crippen MR) is 156 cm³/mol. The molecule has 0 aliphatic carbocycles. The third-order valence-electron chi connectivity index (χ3n) is 8.80. The first-order valence-electron chi connectivity index (χ1n) is 14.3. The molecule has 1 atom stereocenters. The molecule has 3 N–H and O–H groups in total. The summed E-state index contributed by atoms with van der Waals surface area (Å²) in [6, 6.07) is 9.69. The van der Waals surface area contributed by atoms with Crippen LogP contribution < -0.4 is 5.32 Å². The number of hydrogen-bond acceptors (Lipinski definition) is 5. The predicted octanol–water partition coefficient (Wildman–Crippen LogP) is 4.07. The van der Waals surface area contributed by atoms with E-state index in [2.05, 4.69) is 25.5 Å². The summed E-state index contributed by atoms with van der Waals surface area (Å²) in [5, 5.41) is 11.6. The second-order valence-corrected chi connectivity index (χ2v) is 11.7. The van der Waals surface area contributed by atoms with Gasteiger partial charge in [-0.1, -0.05) is 29.8 Å². The Morgan fingerprint density at radius 3 is 2.74 bits per heavy atom. The number of carbonyl (C=O) groups excluding carboxylic acids is 3. The van der Waals surface area contributed by atoms with E-state index < -0.39 is 5.92 Å². The van der Waals surface area contributed by atoms with Gasteiger partial charge in [0.1, 0.15) is 5.82 Å². The molecule has 1 unspecified atom stereocenters. The SMILES string of the molecule is O=C(CC1Cc2cc(Cl)c3[nH]ncc3c2CN(Cc2ncc[nH]2)C1=O)N1CCC(N2Cc3ccccc3NC2=O)CC1. The van der Waals surface area contributed by atoms with Crippen molar-refractivity contribution in [2.24, 2.45) is 5.92 Å². The molecule has 216 valence electrons. The molecule has 42 heavy (non-hydrogen) atoms. The van der Waals surface area contributed by atoms with Crippen LogP contribution in [0.25, 0.3) is 10.9 Å². The number of aromatic nitrogens is 4. The minimum absolute atomic E-state index is 0.0443. The highest BCUT2D eigenvalue weighted by Gasteiger charge is 2.36. The number of benzene rings is 2. The Bertz CT molecular complexity index is 1660. The van der Waals surface area contributed by atoms with Gasteiger partial charge < -0.3 is 25.0 Å². The third kappa shape index (κ3) is 4.87. The molecule has 0 spiro atoms. The minimum atomic E-state index is -0.531. The number of nitrogens with zero attached hydrogens (tertiary/aromatic N) is 5. The average molecular weight is 587 g/mol. The summed E-state index contributed by atoms with van der Waals surface area (Å²) < 4.78 is 0. The fraction of sp³-hybridized carbons (Fsp3) is 0.367. The van der Waals surface area contributed by atoms with Gasteiger partial charge in [-0.05, 0) is 48.1 Å². The van der Waals surface area contributed by atoms with E-state index >= 15 is 0 Å². The molecular weight excluding hydrogens is 556 g/mol. The van der Waals surface area contributed by atoms with Crippen LogP contribution in [0.3, 0.4) is 0 Å². The van der Waals surface area contributed by atoms with E-state index in [0.29, 0.717) is 62.8 Å². The highest BCUT2D eigenvalue weighted by atomic mass is 35.5. The van der Waals surface area contributed by atoms with Crippen molar-refractivity contribution in [1.82, 2.24) is 34.9 Å². The number of piperidine rings is 1. The number of H-pyrrole nitrogens is 2. The highest BCUT2D eigenvalue weighted by molar-refractivity contribution is 6.35. The lowest BCUT2D eigenvalue weighted by Gasteiger charge is -2.40. The van der Waals surface area contributed by atoms with Crippen molar-refractivity contribution >= 4 is 46.0 Å². The van der Waals surface area contributed by atoms with Crippen LogP contribution in [0, 0.1) is 5.92 Å². The second-order valence-electron chi connectivity index (χ2n) is 11.3. The molecule has 3 aliphatic heterocycles. The van der Waals surface area contributed by atoms with Crippen molar-refractivity contribution in [3.63, 3.8) is 0 Å². The van der Waals surface area contributed by atoms with Crippen LogP contribution in [0.4, 0.5) is 10.5 Å². The van der Waals surface area contributed by atoms with E-state index in [1.165, 1.54) is 0 Å². The van der Waals surface area contributed by atoms with Gasteiger partial charge >= 0.3 is 6.03 Å². The molecule has 0 saturated carbocycles. The van der Waals surface area contributed by atoms with Crippen molar-refractivity contribution in [3.05, 3.63) is 76.5 Å². The summed E-state index contributed by atoms with van der Waals surface area (Å²) in [5.74, 6) is 0.0244. The Balaban J connectivity index is 1.07. The van der Waals surface area contributed by atoms with Crippen LogP contribution in [0.2, 0.25) is 5.02 Å². The number of urea groups is 1. The molecule has 0 radical (unpaired) electrons. The maximum atomic E-state index is 13.9. The number of hydrogen-bond donors (Lipinski definition) is 3. The van der Waals surface area contributed by atoms with Crippen molar-refractivity contribution in [1.29, 1.82) is 0 Å². The largest absolute Gasteiger partial charge is 0.347 e. The zero-order valence-electron chi connectivity index (χ0n) is 23.0. The number of para-hydroxylation sites is 1. The number of rotatable bonds is 5. The molecule has 4 amide bonds. The number of fused-ring (bicyclic) bond motifs is 4. The number of nitrogens with one attached hydrogen (secondary N) is 3. The molecule has 3 aliphatic rings. The monoisotopic (exact) mass is 586 g/mol. The lowest BCUT2D eigenvalue weighted by atomic mass is 9.92. The lowest BCUT2D eigenvalue weighted by Crippen LogP contribution is -2.51. The molecule has 11 nitrogen and oxygen atoms in total. The molecule has 2 aromatic heterocycles. The molecule has 7 rings (SSSR count). The van der Waals surface area contributed by atoms with Crippen LogP contribution in [0.1, 0.15) is 41.8 Å². The first-order valence-corrected chi connectivity index (χ1v) is 14.7. The number of imidazole rings is 1. The Hall–Kier alpha value is -4.38. The van der Waals surface area contributed by atoms with E-state index in [0.717, 1.165) is 33.3 Å². The molecule has 12 heteroatoms. The first-order chi connectivity index (χ1) is 20.4. The van der Waals surface area contributed by atoms with Gasteiger partial charge in [-0.25, -0.2) is 9.78 Å². The van der Waals surface area contributed by atoms with Crippen molar-refractivity contribution in [2.45, 2.75) is 51.4 Å². The van der Waals surface area contributed by atoms with Crippen LogP contribution in [0.5, 0.6) is 0 Å². The molecule has 0 bridgehead atoms. The average Bonchev–Trinajstić information content (AvgIpc) is 3.68. The van der Waals surface area contributed by atoms with E-state index in [-0.39, 0.29) is 30.3 Å². The van der Waals surface area contributed by atoms with E-state index in [4.69, 9.17) is 11.6 Å². The molecule has 1 fully saturated rings. The van der Waals surface area contributed by atoms with Crippen LogP contribution in [-0.2, 0) is 35.6 Å². The summed E-state index contributed by atoms with van der Waals surface area (Å²) in [5.41, 5.74) is 4.63. The molecule has 2 aromatic carbocycles. The van der Waals surface area contributed by atoms with E-state index in [1.807, 2.05) is 40.1 Å².